The molecular formula is C19H15FN4O3S2. The summed E-state index contributed by atoms with van der Waals surface area (Å²) in [5.74, 6) is -1.81. The summed E-state index contributed by atoms with van der Waals surface area (Å²) in [5.41, 5.74) is 5.19. The molecule has 0 saturated carbocycles. The largest absolute Gasteiger partial charge is 0.292 e. The van der Waals surface area contributed by atoms with E-state index in [1.165, 1.54) is 41.6 Å². The molecule has 148 valence electrons. The molecule has 1 saturated heterocycles. The van der Waals surface area contributed by atoms with Crippen molar-refractivity contribution in [1.29, 1.82) is 0 Å². The zero-order chi connectivity index (χ0) is 20.8. The molecular weight excluding hydrogens is 415 g/mol. The van der Waals surface area contributed by atoms with E-state index in [4.69, 9.17) is 12.2 Å². The number of nitrogens with zero attached hydrogens (tertiary/aromatic N) is 2. The fourth-order valence-corrected chi connectivity index (χ4v) is 3.70. The van der Waals surface area contributed by atoms with Crippen LogP contribution in [-0.4, -0.2) is 38.5 Å². The van der Waals surface area contributed by atoms with Crippen LogP contribution in [0.1, 0.15) is 22.3 Å². The quantitative estimate of drug-likeness (QED) is 0.430. The SMILES string of the molecule is O=C(CCN1C(=O)/C(=C\c2ccccc2F)SC1=S)NNC(=O)c1ccncc1. The number of carbonyl (C=O) groups is 3. The van der Waals surface area contributed by atoms with Crippen molar-refractivity contribution in [2.75, 3.05) is 6.54 Å². The third kappa shape index (κ3) is 5.24. The van der Waals surface area contributed by atoms with E-state index in [0.717, 1.165) is 11.8 Å². The zero-order valence-corrected chi connectivity index (χ0v) is 16.6. The van der Waals surface area contributed by atoms with Crippen molar-refractivity contribution in [2.45, 2.75) is 6.42 Å². The van der Waals surface area contributed by atoms with E-state index < -0.39 is 23.5 Å². The maximum atomic E-state index is 13.8. The van der Waals surface area contributed by atoms with Crippen LogP contribution in [0.25, 0.3) is 6.08 Å². The zero-order valence-electron chi connectivity index (χ0n) is 14.9. The van der Waals surface area contributed by atoms with Crippen molar-refractivity contribution in [3.05, 3.63) is 70.6 Å². The predicted octanol–water partition coefficient (Wildman–Crippen LogP) is 2.27. The van der Waals surface area contributed by atoms with Crippen molar-refractivity contribution < 1.29 is 18.8 Å². The number of hydrogen-bond acceptors (Lipinski definition) is 6. The minimum atomic E-state index is -0.487. The maximum Gasteiger partial charge on any atom is 0.269 e. The van der Waals surface area contributed by atoms with Gasteiger partial charge >= 0.3 is 0 Å². The van der Waals surface area contributed by atoms with Crippen molar-refractivity contribution in [2.24, 2.45) is 0 Å². The molecule has 1 aromatic carbocycles. The van der Waals surface area contributed by atoms with E-state index in [-0.39, 0.29) is 27.8 Å². The second-order valence-corrected chi connectivity index (χ2v) is 7.52. The number of aromatic nitrogens is 1. The summed E-state index contributed by atoms with van der Waals surface area (Å²) in [6, 6.07) is 9.09. The number of benzene rings is 1. The Morgan fingerprint density at radius 1 is 1.17 bits per heavy atom. The highest BCUT2D eigenvalue weighted by molar-refractivity contribution is 8.26. The molecule has 3 amide bonds. The normalized spacial score (nSPS) is 14.9. The summed E-state index contributed by atoms with van der Waals surface area (Å²) in [4.78, 5) is 41.7. The molecule has 2 N–H and O–H groups in total. The van der Waals surface area contributed by atoms with E-state index in [2.05, 4.69) is 15.8 Å². The lowest BCUT2D eigenvalue weighted by atomic mass is 10.2. The number of thiocarbonyl (C=S) groups is 1. The molecule has 0 bridgehead atoms. The summed E-state index contributed by atoms with van der Waals surface area (Å²) in [5, 5.41) is 0. The lowest BCUT2D eigenvalue weighted by Gasteiger charge is -2.14. The Balaban J connectivity index is 1.53. The van der Waals surface area contributed by atoms with Gasteiger partial charge in [0.05, 0.1) is 4.91 Å². The van der Waals surface area contributed by atoms with Crippen LogP contribution in [0.4, 0.5) is 4.39 Å². The van der Waals surface area contributed by atoms with Crippen molar-refractivity contribution in [3.63, 3.8) is 0 Å². The Hall–Kier alpha value is -3.11. The van der Waals surface area contributed by atoms with Crippen LogP contribution in [0, 0.1) is 5.82 Å². The maximum absolute atomic E-state index is 13.8. The standard InChI is InChI=1S/C19H15FN4O3S2/c20-14-4-2-1-3-13(14)11-15-18(27)24(19(28)29-15)10-7-16(25)22-23-17(26)12-5-8-21-9-6-12/h1-6,8-9,11H,7,10H2,(H,22,25)(H,23,26)/b15-11+. The summed E-state index contributed by atoms with van der Waals surface area (Å²) in [6.45, 7) is 0.0379. The average molecular weight is 430 g/mol. The van der Waals surface area contributed by atoms with Gasteiger partial charge in [0.25, 0.3) is 11.8 Å². The number of nitrogens with one attached hydrogen (secondary N) is 2. The van der Waals surface area contributed by atoms with Gasteiger partial charge in [-0.15, -0.1) is 0 Å². The van der Waals surface area contributed by atoms with Gasteiger partial charge in [-0.05, 0) is 24.3 Å². The minimum absolute atomic E-state index is 0.0379. The second-order valence-electron chi connectivity index (χ2n) is 5.84. The highest BCUT2D eigenvalue weighted by Gasteiger charge is 2.32. The third-order valence-electron chi connectivity index (χ3n) is 3.89. The molecule has 1 aliphatic rings. The number of halogens is 1. The van der Waals surface area contributed by atoms with E-state index in [9.17, 15) is 18.8 Å². The van der Waals surface area contributed by atoms with Crippen LogP contribution in [0.2, 0.25) is 0 Å². The first-order valence-corrected chi connectivity index (χ1v) is 9.67. The van der Waals surface area contributed by atoms with Gasteiger partial charge in [-0.3, -0.25) is 35.1 Å². The molecule has 2 heterocycles. The lowest BCUT2D eigenvalue weighted by molar-refractivity contribution is -0.124. The van der Waals surface area contributed by atoms with Gasteiger partial charge in [-0.25, -0.2) is 4.39 Å². The number of hydrazine groups is 1. The van der Waals surface area contributed by atoms with Crippen molar-refractivity contribution in [3.8, 4) is 0 Å². The average Bonchev–Trinajstić information content (AvgIpc) is 2.99. The minimum Gasteiger partial charge on any atom is -0.292 e. The van der Waals surface area contributed by atoms with Crippen LogP contribution >= 0.6 is 24.0 Å². The number of rotatable bonds is 5. The van der Waals surface area contributed by atoms with Crippen LogP contribution in [0.15, 0.2) is 53.7 Å². The topological polar surface area (TPSA) is 91.4 Å². The Morgan fingerprint density at radius 2 is 1.90 bits per heavy atom. The molecule has 0 aliphatic carbocycles. The molecule has 1 fully saturated rings. The van der Waals surface area contributed by atoms with Crippen LogP contribution in [0.3, 0.4) is 0 Å². The highest BCUT2D eigenvalue weighted by Crippen LogP contribution is 2.32. The molecule has 2 aromatic rings. The van der Waals surface area contributed by atoms with Crippen LogP contribution < -0.4 is 10.9 Å². The number of carbonyl (C=O) groups excluding carboxylic acids is 3. The highest BCUT2D eigenvalue weighted by atomic mass is 32.2. The van der Waals surface area contributed by atoms with Gasteiger partial charge in [0.1, 0.15) is 10.1 Å². The summed E-state index contributed by atoms with van der Waals surface area (Å²) < 4.78 is 14.1. The lowest BCUT2D eigenvalue weighted by Crippen LogP contribution is -2.43. The number of amides is 3. The van der Waals surface area contributed by atoms with Crippen molar-refractivity contribution in [1.82, 2.24) is 20.7 Å². The molecule has 0 unspecified atom stereocenters. The third-order valence-corrected chi connectivity index (χ3v) is 5.26. The van der Waals surface area contributed by atoms with Gasteiger partial charge in [0.2, 0.25) is 5.91 Å². The number of hydrogen-bond donors (Lipinski definition) is 2. The molecule has 1 aromatic heterocycles. The molecule has 1 aliphatic heterocycles. The molecule has 0 radical (unpaired) electrons. The predicted molar refractivity (Wildman–Crippen MR) is 111 cm³/mol. The van der Waals surface area contributed by atoms with Gasteiger partial charge in [0, 0.05) is 36.5 Å². The van der Waals surface area contributed by atoms with Gasteiger partial charge in [-0.1, -0.05) is 42.2 Å². The Bertz CT molecular complexity index is 998. The molecule has 0 spiro atoms. The summed E-state index contributed by atoms with van der Waals surface area (Å²) >= 11 is 6.24. The monoisotopic (exact) mass is 430 g/mol. The number of thioether (sulfide) groups is 1. The molecule has 3 rings (SSSR count). The second kappa shape index (κ2) is 9.39. The van der Waals surface area contributed by atoms with Gasteiger partial charge < -0.3 is 0 Å². The smallest absolute Gasteiger partial charge is 0.269 e. The molecule has 0 atom stereocenters. The van der Waals surface area contributed by atoms with Crippen LogP contribution in [-0.2, 0) is 9.59 Å². The van der Waals surface area contributed by atoms with E-state index in [1.807, 2.05) is 0 Å². The Kier molecular flexibility index (Phi) is 6.68. The van der Waals surface area contributed by atoms with E-state index in [1.54, 1.807) is 18.2 Å². The fourth-order valence-electron chi connectivity index (χ4n) is 2.40. The van der Waals surface area contributed by atoms with E-state index >= 15 is 0 Å². The first kappa shape index (κ1) is 20.6. The molecule has 10 heteroatoms. The fraction of sp³-hybridized carbons (Fsp3) is 0.105. The van der Waals surface area contributed by atoms with Crippen LogP contribution in [0.5, 0.6) is 0 Å². The van der Waals surface area contributed by atoms with Crippen molar-refractivity contribution >= 4 is 52.1 Å². The summed E-state index contributed by atoms with van der Waals surface area (Å²) in [6.07, 6.45) is 4.28. The molecule has 29 heavy (non-hydrogen) atoms. The van der Waals surface area contributed by atoms with Gasteiger partial charge in [-0.2, -0.15) is 0 Å². The van der Waals surface area contributed by atoms with Gasteiger partial charge in [0.15, 0.2) is 0 Å². The van der Waals surface area contributed by atoms with E-state index in [0.29, 0.717) is 5.56 Å². The number of pyridine rings is 1. The first-order valence-electron chi connectivity index (χ1n) is 8.45. The Morgan fingerprint density at radius 3 is 2.62 bits per heavy atom. The first-order chi connectivity index (χ1) is 14.0. The molecule has 7 nitrogen and oxygen atoms in total. The Labute approximate surface area is 175 Å². The summed E-state index contributed by atoms with van der Waals surface area (Å²) in [7, 11) is 0.